The van der Waals surface area contributed by atoms with Crippen molar-refractivity contribution in [3.63, 3.8) is 0 Å². The molecular weight excluding hydrogens is 430 g/mol. The van der Waals surface area contributed by atoms with E-state index in [0.717, 1.165) is 29.4 Å². The van der Waals surface area contributed by atoms with Crippen molar-refractivity contribution in [3.8, 4) is 0 Å². The minimum atomic E-state index is -4.69. The van der Waals surface area contributed by atoms with Gasteiger partial charge in [-0.05, 0) is 12.1 Å². The molecule has 1 N–H and O–H groups in total. The van der Waals surface area contributed by atoms with Crippen LogP contribution in [-0.2, 0) is 22.3 Å². The standard InChI is InChI=1S/C19H16F6N4O2/c1-10(20)17(30)29-7-15(28-18-26-5-13(21)6-27-18)16(8-29)31-9-11-2-3-12(4-14(11)22)19(23,24)25/h2-6,15-16H,1,7-9H2,(H,26,27,28)/t15-,16-/m1/s1. The minimum absolute atomic E-state index is 0.00841. The molecule has 0 radical (unpaired) electrons. The fourth-order valence-corrected chi connectivity index (χ4v) is 3.01. The number of hydrogen-bond donors (Lipinski definition) is 1. The Bertz CT molecular complexity index is 967. The monoisotopic (exact) mass is 446 g/mol. The Morgan fingerprint density at radius 1 is 1.23 bits per heavy atom. The topological polar surface area (TPSA) is 67.4 Å². The first kappa shape index (κ1) is 22.5. The Kier molecular flexibility index (Phi) is 6.48. The maximum Gasteiger partial charge on any atom is 0.416 e. The molecule has 0 aliphatic carbocycles. The number of carbonyl (C=O) groups excluding carboxylic acids is 1. The number of likely N-dealkylation sites (tertiary alicyclic amines) is 1. The van der Waals surface area contributed by atoms with Crippen molar-refractivity contribution in [2.75, 3.05) is 18.4 Å². The Hall–Kier alpha value is -3.15. The van der Waals surface area contributed by atoms with E-state index in [4.69, 9.17) is 4.74 Å². The van der Waals surface area contributed by atoms with Gasteiger partial charge >= 0.3 is 6.18 Å². The normalized spacial score (nSPS) is 18.8. The number of nitrogens with zero attached hydrogens (tertiary/aromatic N) is 3. The third-order valence-corrected chi connectivity index (χ3v) is 4.55. The molecule has 2 atom stereocenters. The number of nitrogens with one attached hydrogen (secondary N) is 1. The largest absolute Gasteiger partial charge is 0.416 e. The van der Waals surface area contributed by atoms with Crippen LogP contribution in [0.25, 0.3) is 0 Å². The lowest BCUT2D eigenvalue weighted by atomic mass is 10.1. The Morgan fingerprint density at radius 3 is 2.48 bits per heavy atom. The van der Waals surface area contributed by atoms with Gasteiger partial charge in [0.1, 0.15) is 5.82 Å². The third kappa shape index (κ3) is 5.51. The van der Waals surface area contributed by atoms with E-state index in [-0.39, 0.29) is 24.6 Å². The first-order chi connectivity index (χ1) is 14.5. The summed E-state index contributed by atoms with van der Waals surface area (Å²) in [6.45, 7) is 2.38. The van der Waals surface area contributed by atoms with Gasteiger partial charge in [0.05, 0.1) is 36.7 Å². The van der Waals surface area contributed by atoms with Crippen LogP contribution in [-0.4, -0.2) is 46.0 Å². The van der Waals surface area contributed by atoms with Gasteiger partial charge in [0.2, 0.25) is 5.95 Å². The van der Waals surface area contributed by atoms with E-state index in [1.807, 2.05) is 0 Å². The number of rotatable bonds is 6. The predicted molar refractivity (Wildman–Crippen MR) is 96.2 cm³/mol. The Morgan fingerprint density at radius 2 is 1.90 bits per heavy atom. The lowest BCUT2D eigenvalue weighted by Crippen LogP contribution is -2.35. The van der Waals surface area contributed by atoms with Crippen LogP contribution in [0.4, 0.5) is 32.3 Å². The summed E-state index contributed by atoms with van der Waals surface area (Å²) in [6, 6.07) is 1.34. The number of benzene rings is 1. The zero-order chi connectivity index (χ0) is 22.8. The van der Waals surface area contributed by atoms with E-state index >= 15 is 0 Å². The van der Waals surface area contributed by atoms with Crippen molar-refractivity contribution in [3.05, 3.63) is 65.8 Å². The number of alkyl halides is 3. The SMILES string of the molecule is C=C(F)C(=O)N1C[C@@H](Nc2ncc(F)cn2)[C@H](OCc2ccc(C(F)(F)F)cc2F)C1. The maximum absolute atomic E-state index is 14.1. The summed E-state index contributed by atoms with van der Waals surface area (Å²) in [5.74, 6) is -3.93. The molecule has 6 nitrogen and oxygen atoms in total. The van der Waals surface area contributed by atoms with Crippen molar-refractivity contribution in [2.24, 2.45) is 0 Å². The molecule has 1 fully saturated rings. The Balaban J connectivity index is 1.73. The summed E-state index contributed by atoms with van der Waals surface area (Å²) in [4.78, 5) is 20.5. The third-order valence-electron chi connectivity index (χ3n) is 4.55. The van der Waals surface area contributed by atoms with Crippen LogP contribution in [0.15, 0.2) is 43.0 Å². The zero-order valence-corrected chi connectivity index (χ0v) is 15.8. The zero-order valence-electron chi connectivity index (χ0n) is 15.8. The number of amides is 1. The molecule has 12 heteroatoms. The van der Waals surface area contributed by atoms with Crippen LogP contribution in [0.5, 0.6) is 0 Å². The van der Waals surface area contributed by atoms with Gasteiger partial charge < -0.3 is 15.0 Å². The molecule has 1 saturated heterocycles. The van der Waals surface area contributed by atoms with Gasteiger partial charge in [-0.15, -0.1) is 0 Å². The van der Waals surface area contributed by atoms with Crippen molar-refractivity contribution >= 4 is 11.9 Å². The van der Waals surface area contributed by atoms with Crippen LogP contribution in [0.1, 0.15) is 11.1 Å². The molecule has 1 aromatic heterocycles. The summed E-state index contributed by atoms with van der Waals surface area (Å²) < 4.78 is 84.0. The average molecular weight is 446 g/mol. The first-order valence-electron chi connectivity index (χ1n) is 8.89. The van der Waals surface area contributed by atoms with Crippen LogP contribution < -0.4 is 5.32 Å². The Labute approximate surface area is 172 Å². The van der Waals surface area contributed by atoms with Gasteiger partial charge in [0, 0.05) is 18.7 Å². The predicted octanol–water partition coefficient (Wildman–Crippen LogP) is 3.46. The number of halogens is 6. The van der Waals surface area contributed by atoms with E-state index in [1.165, 1.54) is 0 Å². The molecular formula is C19H16F6N4O2. The highest BCUT2D eigenvalue weighted by Crippen LogP contribution is 2.30. The molecule has 2 aromatic rings. The van der Waals surface area contributed by atoms with Crippen molar-refractivity contribution in [1.82, 2.24) is 14.9 Å². The molecule has 0 unspecified atom stereocenters. The maximum atomic E-state index is 14.1. The van der Waals surface area contributed by atoms with E-state index in [9.17, 15) is 31.1 Å². The number of hydrogen-bond acceptors (Lipinski definition) is 5. The summed E-state index contributed by atoms with van der Waals surface area (Å²) in [5.41, 5.74) is -1.27. The number of ether oxygens (including phenoxy) is 1. The van der Waals surface area contributed by atoms with Crippen LogP contribution >= 0.6 is 0 Å². The molecule has 166 valence electrons. The van der Waals surface area contributed by atoms with Gasteiger partial charge in [-0.1, -0.05) is 12.6 Å². The molecule has 1 aliphatic rings. The molecule has 0 spiro atoms. The molecule has 1 amide bonds. The number of carbonyl (C=O) groups is 1. The highest BCUT2D eigenvalue weighted by Gasteiger charge is 2.37. The second-order valence-corrected chi connectivity index (χ2v) is 6.74. The molecule has 0 bridgehead atoms. The van der Waals surface area contributed by atoms with Gasteiger partial charge in [-0.3, -0.25) is 4.79 Å². The summed E-state index contributed by atoms with van der Waals surface area (Å²) in [5, 5.41) is 2.82. The van der Waals surface area contributed by atoms with Gasteiger partial charge in [-0.2, -0.15) is 13.2 Å². The quantitative estimate of drug-likeness (QED) is 0.544. The second-order valence-electron chi connectivity index (χ2n) is 6.74. The van der Waals surface area contributed by atoms with E-state index in [0.29, 0.717) is 6.07 Å². The summed E-state index contributed by atoms with van der Waals surface area (Å²) >= 11 is 0. The highest BCUT2D eigenvalue weighted by molar-refractivity contribution is 5.90. The number of aromatic nitrogens is 2. The molecule has 2 heterocycles. The van der Waals surface area contributed by atoms with Gasteiger partial charge in [0.25, 0.3) is 5.91 Å². The van der Waals surface area contributed by atoms with Crippen LogP contribution in [0.2, 0.25) is 0 Å². The summed E-state index contributed by atoms with van der Waals surface area (Å²) in [6.07, 6.45) is -3.70. The first-order valence-corrected chi connectivity index (χ1v) is 8.89. The van der Waals surface area contributed by atoms with Gasteiger partial charge in [0.15, 0.2) is 11.6 Å². The average Bonchev–Trinajstić information content (AvgIpc) is 3.10. The molecule has 31 heavy (non-hydrogen) atoms. The van der Waals surface area contributed by atoms with Crippen molar-refractivity contribution < 1.29 is 35.9 Å². The van der Waals surface area contributed by atoms with E-state index in [2.05, 4.69) is 21.9 Å². The molecule has 3 rings (SSSR count). The van der Waals surface area contributed by atoms with Crippen LogP contribution in [0, 0.1) is 11.6 Å². The highest BCUT2D eigenvalue weighted by atomic mass is 19.4. The fraction of sp³-hybridized carbons (Fsp3) is 0.316. The second kappa shape index (κ2) is 8.92. The molecule has 1 aromatic carbocycles. The van der Waals surface area contributed by atoms with Crippen molar-refractivity contribution in [2.45, 2.75) is 24.9 Å². The smallest absolute Gasteiger partial charge is 0.369 e. The number of anilines is 1. The van der Waals surface area contributed by atoms with E-state index < -0.39 is 53.9 Å². The minimum Gasteiger partial charge on any atom is -0.369 e. The van der Waals surface area contributed by atoms with Gasteiger partial charge in [-0.25, -0.2) is 23.1 Å². The van der Waals surface area contributed by atoms with E-state index in [1.54, 1.807) is 0 Å². The lowest BCUT2D eigenvalue weighted by molar-refractivity contribution is -0.137. The van der Waals surface area contributed by atoms with Crippen molar-refractivity contribution in [1.29, 1.82) is 0 Å². The van der Waals surface area contributed by atoms with Crippen LogP contribution in [0.3, 0.4) is 0 Å². The fourth-order valence-electron chi connectivity index (χ4n) is 3.01. The molecule has 1 aliphatic heterocycles. The summed E-state index contributed by atoms with van der Waals surface area (Å²) in [7, 11) is 0. The molecule has 0 saturated carbocycles. The lowest BCUT2D eigenvalue weighted by Gasteiger charge is -2.20.